The lowest BCUT2D eigenvalue weighted by molar-refractivity contribution is -0.196. The van der Waals surface area contributed by atoms with Crippen LogP contribution in [0.4, 0.5) is 5.69 Å². The minimum absolute atomic E-state index is 0.0710. The number of ketones is 1. The fourth-order valence-corrected chi connectivity index (χ4v) is 10.2. The van der Waals surface area contributed by atoms with Crippen LogP contribution in [0.3, 0.4) is 0 Å². The molecule has 4 amide bonds. The molecular formula is C43H44ClN5O7. The van der Waals surface area contributed by atoms with Gasteiger partial charge in [0.25, 0.3) is 11.8 Å². The highest BCUT2D eigenvalue weighted by Crippen LogP contribution is 2.62. The van der Waals surface area contributed by atoms with E-state index in [4.69, 9.17) is 21.1 Å². The molecule has 0 bridgehead atoms. The zero-order chi connectivity index (χ0) is 39.7. The first-order chi connectivity index (χ1) is 26.6. The number of Topliss-reactive ketones (excluding diaryl/α,β-unsaturated/α-hetero) is 1. The number of fused-ring (bicyclic) bond motifs is 1. The molecular weight excluding hydrogens is 734 g/mol. The number of hydrogen-bond acceptors (Lipinski definition) is 10. The van der Waals surface area contributed by atoms with Crippen LogP contribution in [0.15, 0.2) is 60.7 Å². The Morgan fingerprint density at radius 2 is 1.57 bits per heavy atom. The monoisotopic (exact) mass is 777 g/mol. The van der Waals surface area contributed by atoms with Gasteiger partial charge in [0.1, 0.15) is 36.3 Å². The van der Waals surface area contributed by atoms with E-state index in [1.165, 1.54) is 0 Å². The van der Waals surface area contributed by atoms with E-state index in [-0.39, 0.29) is 58.0 Å². The lowest BCUT2D eigenvalue weighted by Crippen LogP contribution is -2.72. The minimum Gasteiger partial charge on any atom is -0.492 e. The van der Waals surface area contributed by atoms with Crippen LogP contribution in [0, 0.1) is 33.5 Å². The van der Waals surface area contributed by atoms with Gasteiger partial charge in [-0.2, -0.15) is 5.26 Å². The van der Waals surface area contributed by atoms with E-state index in [0.717, 1.165) is 43.3 Å². The molecule has 3 aromatic carbocycles. The molecule has 3 saturated heterocycles. The Bertz CT molecular complexity index is 2180. The summed E-state index contributed by atoms with van der Waals surface area (Å²) in [6.07, 6.45) is 0.479. The second kappa shape index (κ2) is 13.7. The number of carbonyl (C=O) groups is 5. The lowest BCUT2D eigenvalue weighted by Gasteiger charge is -2.63. The second-order valence-corrected chi connectivity index (χ2v) is 17.6. The maximum Gasteiger partial charge on any atom is 0.262 e. The number of nitrogens with one attached hydrogen (secondary N) is 1. The topological polar surface area (TPSA) is 149 Å². The van der Waals surface area contributed by atoms with Crippen molar-refractivity contribution in [2.45, 2.75) is 59.1 Å². The third kappa shape index (κ3) is 6.40. The molecule has 56 heavy (non-hydrogen) atoms. The number of carbonyl (C=O) groups excluding carboxylic acids is 5. The number of halogens is 1. The van der Waals surface area contributed by atoms with Crippen LogP contribution in [0.25, 0.3) is 0 Å². The predicted molar refractivity (Wildman–Crippen MR) is 207 cm³/mol. The van der Waals surface area contributed by atoms with E-state index in [1.54, 1.807) is 36.4 Å². The van der Waals surface area contributed by atoms with Gasteiger partial charge in [-0.15, -0.1) is 0 Å². The van der Waals surface area contributed by atoms with Gasteiger partial charge in [0, 0.05) is 79.1 Å². The molecule has 4 aliphatic heterocycles. The van der Waals surface area contributed by atoms with Crippen molar-refractivity contribution >= 4 is 46.7 Å². The van der Waals surface area contributed by atoms with E-state index >= 15 is 0 Å². The number of nitriles is 1. The van der Waals surface area contributed by atoms with Crippen LogP contribution in [0.5, 0.6) is 11.5 Å². The smallest absolute Gasteiger partial charge is 0.262 e. The van der Waals surface area contributed by atoms with Crippen LogP contribution in [0.1, 0.15) is 83.6 Å². The molecule has 1 spiro atoms. The van der Waals surface area contributed by atoms with Crippen molar-refractivity contribution in [3.8, 4) is 17.6 Å². The molecule has 12 nitrogen and oxygen atoms in total. The first kappa shape index (κ1) is 37.7. The van der Waals surface area contributed by atoms with Crippen LogP contribution in [-0.2, 0) is 9.59 Å². The van der Waals surface area contributed by atoms with Crippen molar-refractivity contribution in [1.29, 1.82) is 5.26 Å². The normalized spacial score (nSPS) is 24.4. The highest BCUT2D eigenvalue weighted by atomic mass is 35.5. The Labute approximate surface area is 330 Å². The number of amides is 4. The number of rotatable bonds is 11. The Balaban J connectivity index is 0.780. The first-order valence-corrected chi connectivity index (χ1v) is 19.4. The van der Waals surface area contributed by atoms with Crippen molar-refractivity contribution in [3.05, 3.63) is 87.9 Å². The molecule has 1 atom stereocenters. The Hall–Kier alpha value is -5.25. The number of piperidine rings is 1. The third-order valence-corrected chi connectivity index (χ3v) is 13.0. The summed E-state index contributed by atoms with van der Waals surface area (Å²) >= 11 is 6.25. The summed E-state index contributed by atoms with van der Waals surface area (Å²) < 4.78 is 12.4. The van der Waals surface area contributed by atoms with E-state index < -0.39 is 29.7 Å². The Kier molecular flexibility index (Phi) is 9.24. The van der Waals surface area contributed by atoms with Crippen LogP contribution < -0.4 is 19.7 Å². The molecule has 290 valence electrons. The lowest BCUT2D eigenvalue weighted by atomic mass is 9.44. The summed E-state index contributed by atoms with van der Waals surface area (Å²) in [6.45, 7) is 13.5. The van der Waals surface area contributed by atoms with Crippen molar-refractivity contribution in [2.75, 3.05) is 44.2 Å². The van der Waals surface area contributed by atoms with Gasteiger partial charge in [-0.05, 0) is 66.9 Å². The largest absolute Gasteiger partial charge is 0.492 e. The highest BCUT2D eigenvalue weighted by molar-refractivity contribution is 6.31. The fourth-order valence-electron chi connectivity index (χ4n) is 10.0. The number of anilines is 1. The summed E-state index contributed by atoms with van der Waals surface area (Å²) in [7, 11) is 0. The molecule has 1 unspecified atom stereocenters. The fraction of sp³-hybridized carbons (Fsp3) is 0.442. The van der Waals surface area contributed by atoms with Crippen LogP contribution >= 0.6 is 11.6 Å². The molecule has 0 aromatic heterocycles. The van der Waals surface area contributed by atoms with E-state index in [1.807, 2.05) is 24.3 Å². The maximum absolute atomic E-state index is 13.5. The van der Waals surface area contributed by atoms with Gasteiger partial charge in [0.15, 0.2) is 5.78 Å². The molecule has 0 radical (unpaired) electrons. The van der Waals surface area contributed by atoms with Gasteiger partial charge in [0.2, 0.25) is 11.8 Å². The predicted octanol–water partition coefficient (Wildman–Crippen LogP) is 5.52. The number of benzene rings is 3. The Morgan fingerprint density at radius 3 is 2.23 bits per heavy atom. The van der Waals surface area contributed by atoms with Crippen molar-refractivity contribution < 1.29 is 33.4 Å². The average molecular weight is 778 g/mol. The summed E-state index contributed by atoms with van der Waals surface area (Å²) in [6, 6.07) is 18.9. The summed E-state index contributed by atoms with van der Waals surface area (Å²) in [5, 5.41) is 11.8. The quantitative estimate of drug-likeness (QED) is 0.195. The minimum atomic E-state index is -1.00. The summed E-state index contributed by atoms with van der Waals surface area (Å²) in [4.78, 5) is 69.2. The van der Waals surface area contributed by atoms with Gasteiger partial charge in [-0.1, -0.05) is 39.3 Å². The zero-order valence-electron chi connectivity index (χ0n) is 31.9. The maximum atomic E-state index is 13.5. The zero-order valence-corrected chi connectivity index (χ0v) is 32.7. The third-order valence-electron chi connectivity index (χ3n) is 12.7. The van der Waals surface area contributed by atoms with Gasteiger partial charge >= 0.3 is 0 Å². The van der Waals surface area contributed by atoms with Crippen molar-refractivity contribution in [3.63, 3.8) is 0 Å². The van der Waals surface area contributed by atoms with E-state index in [9.17, 15) is 29.2 Å². The molecule has 1 saturated carbocycles. The number of likely N-dealkylation sites (tertiary alicyclic amines) is 1. The molecule has 4 fully saturated rings. The van der Waals surface area contributed by atoms with Crippen molar-refractivity contribution in [2.24, 2.45) is 22.2 Å². The molecule has 5 aliphatic rings. The number of hydrogen-bond donors (Lipinski definition) is 1. The average Bonchev–Trinajstić information content (AvgIpc) is 3.37. The van der Waals surface area contributed by atoms with Gasteiger partial charge in [-0.25, -0.2) is 0 Å². The summed E-state index contributed by atoms with van der Waals surface area (Å²) in [5.41, 5.74) is 2.38. The number of imide groups is 2. The second-order valence-electron chi connectivity index (χ2n) is 17.2. The molecule has 8 rings (SSSR count). The first-order valence-electron chi connectivity index (χ1n) is 19.1. The highest BCUT2D eigenvalue weighted by Gasteiger charge is 2.63. The van der Waals surface area contributed by atoms with Crippen molar-refractivity contribution in [1.82, 2.24) is 15.1 Å². The standard InChI is InChI=1S/C43H44ClN5O7/c1-41(2)35(42(3,4)40(41)56-29-10-7-26(20-45)32(44)18-29)19-34(50)25-5-8-27(9-6-25)48-23-43(24-48)21-47(22-43)15-16-55-28-11-12-30-31(17-28)39(54)49(38(30)53)33-13-14-36(51)46-37(33)52/h5-12,17-18,33,35,40H,13-16,19,21-24H2,1-4H3,(H,46,51,52). The van der Waals surface area contributed by atoms with E-state index in [0.29, 0.717) is 40.7 Å². The van der Waals surface area contributed by atoms with Gasteiger partial charge < -0.3 is 14.4 Å². The SMILES string of the molecule is CC1(C)C(CC(=O)c2ccc(N3CC4(CN(CCOc5ccc6c(c5)C(=O)N(C5CCC(=O)NC5=O)C6=O)C4)C3)cc2)C(C)(C)C1Oc1ccc(C#N)c(Cl)c1. The van der Waals surface area contributed by atoms with Gasteiger partial charge in [-0.3, -0.25) is 39.1 Å². The van der Waals surface area contributed by atoms with Gasteiger partial charge in [0.05, 0.1) is 21.7 Å². The summed E-state index contributed by atoms with van der Waals surface area (Å²) in [5.74, 6) is -0.812. The Morgan fingerprint density at radius 1 is 0.893 bits per heavy atom. The van der Waals surface area contributed by atoms with Crippen LogP contribution in [-0.4, -0.2) is 90.7 Å². The molecule has 4 heterocycles. The van der Waals surface area contributed by atoms with E-state index in [2.05, 4.69) is 48.9 Å². The number of nitrogens with zero attached hydrogens (tertiary/aromatic N) is 4. The molecule has 1 aliphatic carbocycles. The molecule has 3 aromatic rings. The molecule has 13 heteroatoms. The number of ether oxygens (including phenoxy) is 2. The van der Waals surface area contributed by atoms with Crippen LogP contribution in [0.2, 0.25) is 5.02 Å². The molecule has 1 N–H and O–H groups in total.